The largest absolute Gasteiger partial charge is 0.437 e. The number of rotatable bonds is 3. The van der Waals surface area contributed by atoms with Crippen molar-refractivity contribution in [3.05, 3.63) is 52.7 Å². The summed E-state index contributed by atoms with van der Waals surface area (Å²) in [7, 11) is 0. The summed E-state index contributed by atoms with van der Waals surface area (Å²) in [4.78, 5) is 14.6. The van der Waals surface area contributed by atoms with E-state index in [-0.39, 0.29) is 22.9 Å². The number of non-ortho nitro benzene ring substituents is 1. The standard InChI is InChI=1S/C13H9N5O3/c14-11-5-6-12(17-16-11)21-10-4-3-9(18(19)20)13-8(10)2-1-7-15-13/h1-7H,(H2,14,16). The average molecular weight is 283 g/mol. The van der Waals surface area contributed by atoms with Gasteiger partial charge in [0.2, 0.25) is 5.88 Å². The zero-order valence-corrected chi connectivity index (χ0v) is 10.6. The van der Waals surface area contributed by atoms with Crippen molar-refractivity contribution in [3.63, 3.8) is 0 Å². The zero-order chi connectivity index (χ0) is 14.8. The number of nitrogens with zero attached hydrogens (tertiary/aromatic N) is 4. The summed E-state index contributed by atoms with van der Waals surface area (Å²) in [5.74, 6) is 0.920. The van der Waals surface area contributed by atoms with Gasteiger partial charge in [0.15, 0.2) is 5.52 Å². The van der Waals surface area contributed by atoms with Gasteiger partial charge >= 0.3 is 0 Å². The maximum Gasteiger partial charge on any atom is 0.295 e. The smallest absolute Gasteiger partial charge is 0.295 e. The van der Waals surface area contributed by atoms with Gasteiger partial charge in [0.05, 0.1) is 10.3 Å². The molecule has 0 fully saturated rings. The van der Waals surface area contributed by atoms with Crippen molar-refractivity contribution in [1.82, 2.24) is 15.2 Å². The highest BCUT2D eigenvalue weighted by molar-refractivity contribution is 5.92. The summed E-state index contributed by atoms with van der Waals surface area (Å²) < 4.78 is 5.59. The number of ether oxygens (including phenoxy) is 1. The van der Waals surface area contributed by atoms with Crippen molar-refractivity contribution in [3.8, 4) is 11.6 Å². The normalized spacial score (nSPS) is 10.5. The lowest BCUT2D eigenvalue weighted by Gasteiger charge is -2.07. The quantitative estimate of drug-likeness (QED) is 0.578. The first-order valence-corrected chi connectivity index (χ1v) is 5.94. The van der Waals surface area contributed by atoms with Gasteiger partial charge in [-0.25, -0.2) is 4.98 Å². The molecule has 8 nitrogen and oxygen atoms in total. The Bertz CT molecular complexity index is 820. The van der Waals surface area contributed by atoms with E-state index >= 15 is 0 Å². The Balaban J connectivity index is 2.09. The number of nitro benzene ring substituents is 1. The van der Waals surface area contributed by atoms with Crippen LogP contribution in [-0.4, -0.2) is 20.1 Å². The van der Waals surface area contributed by atoms with E-state index in [9.17, 15) is 10.1 Å². The van der Waals surface area contributed by atoms with Crippen LogP contribution in [0.4, 0.5) is 11.5 Å². The van der Waals surface area contributed by atoms with Crippen LogP contribution < -0.4 is 10.5 Å². The molecule has 0 saturated carbocycles. The van der Waals surface area contributed by atoms with Crippen LogP contribution in [0.5, 0.6) is 11.6 Å². The van der Waals surface area contributed by atoms with Gasteiger partial charge in [0.25, 0.3) is 5.69 Å². The number of aromatic nitrogens is 3. The van der Waals surface area contributed by atoms with Crippen molar-refractivity contribution < 1.29 is 9.66 Å². The maximum absolute atomic E-state index is 11.0. The number of nitrogen functional groups attached to an aromatic ring is 1. The average Bonchev–Trinajstić information content (AvgIpc) is 2.49. The van der Waals surface area contributed by atoms with E-state index < -0.39 is 4.92 Å². The van der Waals surface area contributed by atoms with Gasteiger partial charge in [0, 0.05) is 18.3 Å². The van der Waals surface area contributed by atoms with Gasteiger partial charge in [-0.15, -0.1) is 10.2 Å². The predicted molar refractivity (Wildman–Crippen MR) is 74.9 cm³/mol. The molecular formula is C13H9N5O3. The molecule has 21 heavy (non-hydrogen) atoms. The summed E-state index contributed by atoms with van der Waals surface area (Å²) in [6, 6.07) is 9.32. The van der Waals surface area contributed by atoms with Crippen molar-refractivity contribution in [1.29, 1.82) is 0 Å². The number of hydrogen-bond donors (Lipinski definition) is 1. The number of fused-ring (bicyclic) bond motifs is 1. The zero-order valence-electron chi connectivity index (χ0n) is 10.6. The Hall–Kier alpha value is -3.29. The molecule has 8 heteroatoms. The molecule has 2 N–H and O–H groups in total. The van der Waals surface area contributed by atoms with E-state index in [0.717, 1.165) is 0 Å². The van der Waals surface area contributed by atoms with Crippen LogP contribution in [0.3, 0.4) is 0 Å². The highest BCUT2D eigenvalue weighted by atomic mass is 16.6. The molecule has 0 unspecified atom stereocenters. The van der Waals surface area contributed by atoms with Crippen LogP contribution in [0.15, 0.2) is 42.6 Å². The summed E-state index contributed by atoms with van der Waals surface area (Å²) in [6.45, 7) is 0. The van der Waals surface area contributed by atoms with Crippen LogP contribution in [-0.2, 0) is 0 Å². The van der Waals surface area contributed by atoms with Crippen molar-refractivity contribution in [2.45, 2.75) is 0 Å². The number of nitrogens with two attached hydrogens (primary N) is 1. The van der Waals surface area contributed by atoms with Gasteiger partial charge in [-0.05, 0) is 24.3 Å². The third kappa shape index (κ3) is 2.41. The Labute approximate surface area is 118 Å². The fourth-order valence-electron chi connectivity index (χ4n) is 1.87. The molecule has 0 saturated heterocycles. The predicted octanol–water partition coefficient (Wildman–Crippen LogP) is 2.31. The van der Waals surface area contributed by atoms with E-state index in [4.69, 9.17) is 10.5 Å². The van der Waals surface area contributed by atoms with Crippen LogP contribution in [0.2, 0.25) is 0 Å². The molecule has 104 valence electrons. The molecule has 0 radical (unpaired) electrons. The minimum atomic E-state index is -0.484. The Morgan fingerprint density at radius 2 is 2.00 bits per heavy atom. The third-order valence-corrected chi connectivity index (χ3v) is 2.78. The van der Waals surface area contributed by atoms with E-state index in [1.54, 1.807) is 24.3 Å². The summed E-state index contributed by atoms with van der Waals surface area (Å²) in [5.41, 5.74) is 5.62. The fraction of sp³-hybridized carbons (Fsp3) is 0. The van der Waals surface area contributed by atoms with Gasteiger partial charge in [-0.3, -0.25) is 10.1 Å². The Morgan fingerprint density at radius 3 is 2.71 bits per heavy atom. The molecule has 2 aromatic heterocycles. The topological polar surface area (TPSA) is 117 Å². The van der Waals surface area contributed by atoms with Crippen molar-refractivity contribution in [2.75, 3.05) is 5.73 Å². The first kappa shape index (κ1) is 12.7. The minimum absolute atomic E-state index is 0.0821. The number of anilines is 1. The van der Waals surface area contributed by atoms with Crippen LogP contribution in [0.25, 0.3) is 10.9 Å². The summed E-state index contributed by atoms with van der Waals surface area (Å²) in [5, 5.41) is 19.0. The fourth-order valence-corrected chi connectivity index (χ4v) is 1.87. The van der Waals surface area contributed by atoms with Gasteiger partial charge in [0.1, 0.15) is 11.6 Å². The van der Waals surface area contributed by atoms with Crippen LogP contribution in [0, 0.1) is 10.1 Å². The molecule has 1 aromatic carbocycles. The highest BCUT2D eigenvalue weighted by Crippen LogP contribution is 2.33. The molecule has 3 aromatic rings. The molecule has 0 aliphatic carbocycles. The molecule has 0 aliphatic heterocycles. The summed E-state index contributed by atoms with van der Waals surface area (Å²) >= 11 is 0. The summed E-state index contributed by atoms with van der Waals surface area (Å²) in [6.07, 6.45) is 1.49. The SMILES string of the molecule is Nc1ccc(Oc2ccc([N+](=O)[O-])c3ncccc23)nn1. The minimum Gasteiger partial charge on any atom is -0.437 e. The molecular weight excluding hydrogens is 274 g/mol. The van der Waals surface area contributed by atoms with Gasteiger partial charge < -0.3 is 10.5 Å². The number of benzene rings is 1. The lowest BCUT2D eigenvalue weighted by atomic mass is 10.1. The van der Waals surface area contributed by atoms with E-state index in [1.807, 2.05) is 0 Å². The highest BCUT2D eigenvalue weighted by Gasteiger charge is 2.16. The molecule has 0 spiro atoms. The molecule has 0 aliphatic rings. The Kier molecular flexibility index (Phi) is 3.03. The van der Waals surface area contributed by atoms with Gasteiger partial charge in [-0.2, -0.15) is 0 Å². The lowest BCUT2D eigenvalue weighted by molar-refractivity contribution is -0.383. The monoisotopic (exact) mass is 283 g/mol. The number of nitro groups is 1. The first-order valence-electron chi connectivity index (χ1n) is 5.94. The van der Waals surface area contributed by atoms with E-state index in [1.165, 1.54) is 18.3 Å². The molecule has 0 atom stereocenters. The second kappa shape index (κ2) is 5.00. The van der Waals surface area contributed by atoms with Gasteiger partial charge in [-0.1, -0.05) is 0 Å². The van der Waals surface area contributed by atoms with Crippen molar-refractivity contribution in [2.24, 2.45) is 0 Å². The molecule has 0 amide bonds. The molecule has 3 rings (SSSR count). The Morgan fingerprint density at radius 1 is 1.14 bits per heavy atom. The molecule has 0 bridgehead atoms. The maximum atomic E-state index is 11.0. The number of hydrogen-bond acceptors (Lipinski definition) is 7. The third-order valence-electron chi connectivity index (χ3n) is 2.78. The second-order valence-corrected chi connectivity index (χ2v) is 4.14. The second-order valence-electron chi connectivity index (χ2n) is 4.14. The van der Waals surface area contributed by atoms with Crippen LogP contribution in [0.1, 0.15) is 0 Å². The van der Waals surface area contributed by atoms with Crippen molar-refractivity contribution >= 4 is 22.4 Å². The van der Waals surface area contributed by atoms with Crippen LogP contribution >= 0.6 is 0 Å². The van der Waals surface area contributed by atoms with E-state index in [2.05, 4.69) is 15.2 Å². The molecule has 2 heterocycles. The van der Waals surface area contributed by atoms with E-state index in [0.29, 0.717) is 11.1 Å². The first-order chi connectivity index (χ1) is 10.1. The number of pyridine rings is 1. The lowest BCUT2D eigenvalue weighted by Crippen LogP contribution is -1.96.